The number of ether oxygens (including phenoxy) is 4. The summed E-state index contributed by atoms with van der Waals surface area (Å²) in [6.45, 7) is 2.67. The molecule has 0 radical (unpaired) electrons. The number of fused-ring (bicyclic) bond motifs is 1. The van der Waals surface area contributed by atoms with Gasteiger partial charge in [-0.25, -0.2) is 4.79 Å². The molecule has 0 saturated carbocycles. The van der Waals surface area contributed by atoms with Crippen LogP contribution in [0.1, 0.15) is 6.92 Å². The summed E-state index contributed by atoms with van der Waals surface area (Å²) in [6.07, 6.45) is 1.27. The van der Waals surface area contributed by atoms with Crippen molar-refractivity contribution >= 4 is 16.9 Å². The standard InChI is InChI=1S/C27H24O7/c1-2-30-14-15-31-26(28)18-32-22-12-13-23-24(16-22)33-17-25(27(23)29)34-21-10-8-20(9-11-21)19-6-4-3-5-7-19/h3-13,16-17H,2,14-15,18H2,1H3. The van der Waals surface area contributed by atoms with Crippen molar-refractivity contribution in [3.05, 3.63) is 89.3 Å². The van der Waals surface area contributed by atoms with Crippen molar-refractivity contribution in [1.29, 1.82) is 0 Å². The third kappa shape index (κ3) is 5.82. The smallest absolute Gasteiger partial charge is 0.344 e. The van der Waals surface area contributed by atoms with Crippen LogP contribution in [0, 0.1) is 0 Å². The Balaban J connectivity index is 1.41. The maximum atomic E-state index is 12.9. The van der Waals surface area contributed by atoms with Crippen LogP contribution in [0.25, 0.3) is 22.1 Å². The van der Waals surface area contributed by atoms with Crippen molar-refractivity contribution in [3.63, 3.8) is 0 Å². The highest BCUT2D eigenvalue weighted by atomic mass is 16.6. The normalized spacial score (nSPS) is 10.7. The largest absolute Gasteiger partial charge is 0.482 e. The van der Waals surface area contributed by atoms with Crippen LogP contribution in [0.2, 0.25) is 0 Å². The minimum atomic E-state index is -0.511. The molecular weight excluding hydrogens is 436 g/mol. The fourth-order valence-electron chi connectivity index (χ4n) is 3.27. The zero-order chi connectivity index (χ0) is 23.8. The molecule has 7 heteroatoms. The molecule has 1 aromatic heterocycles. The molecule has 174 valence electrons. The molecule has 1 heterocycles. The highest BCUT2D eigenvalue weighted by Crippen LogP contribution is 2.26. The van der Waals surface area contributed by atoms with Crippen molar-refractivity contribution in [2.75, 3.05) is 26.4 Å². The van der Waals surface area contributed by atoms with Gasteiger partial charge in [0.2, 0.25) is 11.2 Å². The Morgan fingerprint density at radius 1 is 0.882 bits per heavy atom. The van der Waals surface area contributed by atoms with Crippen molar-refractivity contribution in [2.45, 2.75) is 6.92 Å². The fourth-order valence-corrected chi connectivity index (χ4v) is 3.27. The molecule has 0 aliphatic rings. The highest BCUT2D eigenvalue weighted by Gasteiger charge is 2.12. The van der Waals surface area contributed by atoms with Gasteiger partial charge in [0.1, 0.15) is 30.0 Å². The van der Waals surface area contributed by atoms with Crippen molar-refractivity contribution in [2.24, 2.45) is 0 Å². The molecule has 0 fully saturated rings. The van der Waals surface area contributed by atoms with Gasteiger partial charge in [0, 0.05) is 12.7 Å². The lowest BCUT2D eigenvalue weighted by atomic mass is 10.1. The minimum Gasteiger partial charge on any atom is -0.482 e. The molecule has 0 atom stereocenters. The predicted molar refractivity (Wildman–Crippen MR) is 127 cm³/mol. The Hall–Kier alpha value is -4.10. The Labute approximate surface area is 196 Å². The molecule has 4 rings (SSSR count). The average molecular weight is 460 g/mol. The van der Waals surface area contributed by atoms with Crippen molar-refractivity contribution in [3.8, 4) is 28.4 Å². The van der Waals surface area contributed by atoms with Gasteiger partial charge in [0.25, 0.3) is 0 Å². The number of benzene rings is 3. The summed E-state index contributed by atoms with van der Waals surface area (Å²) in [4.78, 5) is 24.6. The number of carbonyl (C=O) groups excluding carboxylic acids is 1. The van der Waals surface area contributed by atoms with Gasteiger partial charge in [-0.3, -0.25) is 4.79 Å². The summed E-state index contributed by atoms with van der Waals surface area (Å²) in [5.41, 5.74) is 2.15. The van der Waals surface area contributed by atoms with Gasteiger partial charge in [0.15, 0.2) is 6.61 Å². The topological polar surface area (TPSA) is 84.2 Å². The summed E-state index contributed by atoms with van der Waals surface area (Å²) in [6, 6.07) is 22.1. The van der Waals surface area contributed by atoms with E-state index in [1.807, 2.05) is 49.4 Å². The second-order valence-corrected chi connectivity index (χ2v) is 7.29. The molecular formula is C27H24O7. The van der Waals surface area contributed by atoms with Crippen molar-refractivity contribution in [1.82, 2.24) is 0 Å². The van der Waals surface area contributed by atoms with Gasteiger partial charge in [-0.1, -0.05) is 42.5 Å². The van der Waals surface area contributed by atoms with E-state index in [0.29, 0.717) is 35.7 Å². The van der Waals surface area contributed by atoms with E-state index in [1.54, 1.807) is 30.3 Å². The first kappa shape index (κ1) is 23.1. The van der Waals surface area contributed by atoms with E-state index in [4.69, 9.17) is 23.4 Å². The quantitative estimate of drug-likeness (QED) is 0.237. The van der Waals surface area contributed by atoms with Gasteiger partial charge in [-0.05, 0) is 42.3 Å². The lowest BCUT2D eigenvalue weighted by Gasteiger charge is -2.09. The first-order valence-electron chi connectivity index (χ1n) is 10.9. The summed E-state index contributed by atoms with van der Waals surface area (Å²) in [5, 5.41) is 0.338. The summed E-state index contributed by atoms with van der Waals surface area (Å²) >= 11 is 0. The van der Waals surface area contributed by atoms with Crippen LogP contribution in [0.4, 0.5) is 0 Å². The minimum absolute atomic E-state index is 0.0755. The van der Waals surface area contributed by atoms with Gasteiger partial charge < -0.3 is 23.4 Å². The summed E-state index contributed by atoms with van der Waals surface area (Å²) < 4.78 is 26.9. The van der Waals surface area contributed by atoms with Crippen LogP contribution in [-0.2, 0) is 14.3 Å². The number of esters is 1. The van der Waals surface area contributed by atoms with E-state index in [0.717, 1.165) is 11.1 Å². The average Bonchev–Trinajstić information content (AvgIpc) is 2.88. The van der Waals surface area contributed by atoms with Gasteiger partial charge in [-0.2, -0.15) is 0 Å². The monoisotopic (exact) mass is 460 g/mol. The Morgan fingerprint density at radius 2 is 1.62 bits per heavy atom. The molecule has 4 aromatic rings. The number of carbonyl (C=O) groups is 1. The molecule has 0 N–H and O–H groups in total. The zero-order valence-electron chi connectivity index (χ0n) is 18.7. The van der Waals surface area contributed by atoms with Crippen LogP contribution in [-0.4, -0.2) is 32.4 Å². The summed E-state index contributed by atoms with van der Waals surface area (Å²) in [5.74, 6) is 0.464. The fraction of sp³-hybridized carbons (Fsp3) is 0.185. The summed E-state index contributed by atoms with van der Waals surface area (Å²) in [7, 11) is 0. The molecule has 0 amide bonds. The van der Waals surface area contributed by atoms with E-state index in [2.05, 4.69) is 0 Å². The first-order valence-corrected chi connectivity index (χ1v) is 10.9. The third-order valence-corrected chi connectivity index (χ3v) is 4.96. The van der Waals surface area contributed by atoms with E-state index in [-0.39, 0.29) is 24.4 Å². The van der Waals surface area contributed by atoms with Gasteiger partial charge in [-0.15, -0.1) is 0 Å². The Morgan fingerprint density at radius 3 is 2.38 bits per heavy atom. The predicted octanol–water partition coefficient (Wildman–Crippen LogP) is 5.21. The molecule has 34 heavy (non-hydrogen) atoms. The molecule has 0 aliphatic heterocycles. The van der Waals surface area contributed by atoms with Crippen LogP contribution < -0.4 is 14.9 Å². The van der Waals surface area contributed by atoms with Crippen molar-refractivity contribution < 1.29 is 28.2 Å². The maximum absolute atomic E-state index is 12.9. The Kier molecular flexibility index (Phi) is 7.57. The maximum Gasteiger partial charge on any atom is 0.344 e. The lowest BCUT2D eigenvalue weighted by molar-refractivity contribution is -0.147. The van der Waals surface area contributed by atoms with Gasteiger partial charge >= 0.3 is 5.97 Å². The second-order valence-electron chi connectivity index (χ2n) is 7.29. The lowest BCUT2D eigenvalue weighted by Crippen LogP contribution is -2.17. The molecule has 0 aliphatic carbocycles. The molecule has 0 spiro atoms. The molecule has 3 aromatic carbocycles. The Bertz CT molecular complexity index is 1290. The van der Waals surface area contributed by atoms with E-state index >= 15 is 0 Å². The number of hydrogen-bond acceptors (Lipinski definition) is 7. The molecule has 0 saturated heterocycles. The van der Waals surface area contributed by atoms with Crippen LogP contribution in [0.15, 0.2) is 88.3 Å². The second kappa shape index (κ2) is 11.2. The third-order valence-electron chi connectivity index (χ3n) is 4.96. The van der Waals surface area contributed by atoms with Crippen LogP contribution in [0.3, 0.4) is 0 Å². The van der Waals surface area contributed by atoms with Gasteiger partial charge in [0.05, 0.1) is 12.0 Å². The number of hydrogen-bond donors (Lipinski definition) is 0. The van der Waals surface area contributed by atoms with E-state index in [1.165, 1.54) is 6.26 Å². The molecule has 7 nitrogen and oxygen atoms in total. The first-order chi connectivity index (χ1) is 16.6. The van der Waals surface area contributed by atoms with Crippen LogP contribution >= 0.6 is 0 Å². The zero-order valence-corrected chi connectivity index (χ0v) is 18.7. The molecule has 0 unspecified atom stereocenters. The van der Waals surface area contributed by atoms with E-state index in [9.17, 15) is 9.59 Å². The SMILES string of the molecule is CCOCCOC(=O)COc1ccc2c(=O)c(Oc3ccc(-c4ccccc4)cc3)coc2c1. The number of rotatable bonds is 10. The highest BCUT2D eigenvalue weighted by molar-refractivity contribution is 5.79. The molecule has 0 bridgehead atoms. The van der Waals surface area contributed by atoms with E-state index < -0.39 is 5.97 Å². The van der Waals surface area contributed by atoms with Crippen LogP contribution in [0.5, 0.6) is 17.2 Å².